The molecule has 1 aliphatic heterocycles. The Hall–Kier alpha value is -2.37. The fourth-order valence-electron chi connectivity index (χ4n) is 3.80. The molecule has 2 aromatic carbocycles. The van der Waals surface area contributed by atoms with E-state index in [4.69, 9.17) is 4.84 Å². The summed E-state index contributed by atoms with van der Waals surface area (Å²) in [6.45, 7) is 8.93. The quantitative estimate of drug-likeness (QED) is 0.652. The lowest BCUT2D eigenvalue weighted by Gasteiger charge is -2.36. The van der Waals surface area contributed by atoms with Crippen LogP contribution in [-0.2, 0) is 11.3 Å². The third kappa shape index (κ3) is 5.17. The summed E-state index contributed by atoms with van der Waals surface area (Å²) in [5.74, 6) is -0.0260. The summed E-state index contributed by atoms with van der Waals surface area (Å²) in [5.41, 5.74) is 2.11. The number of amides is 1. The lowest BCUT2D eigenvalue weighted by Crippen LogP contribution is -2.48. The zero-order valence-electron chi connectivity index (χ0n) is 17.7. The Morgan fingerprint density at radius 3 is 2.41 bits per heavy atom. The maximum atomic E-state index is 13.5. The van der Waals surface area contributed by atoms with Crippen LogP contribution in [0.25, 0.3) is 0 Å². The van der Waals surface area contributed by atoms with Gasteiger partial charge in [0.05, 0.1) is 12.3 Å². The van der Waals surface area contributed by atoms with E-state index in [0.29, 0.717) is 17.9 Å². The molecular formula is C24H32N2O3. The van der Waals surface area contributed by atoms with Gasteiger partial charge in [-0.3, -0.25) is 14.5 Å². The van der Waals surface area contributed by atoms with Crippen molar-refractivity contribution in [3.63, 3.8) is 0 Å². The van der Waals surface area contributed by atoms with E-state index in [1.54, 1.807) is 24.3 Å². The first kappa shape index (κ1) is 21.3. The number of aryl methyl sites for hydroxylation is 1. The molecule has 1 heterocycles. The second-order valence-electron chi connectivity index (χ2n) is 8.30. The third-order valence-corrected chi connectivity index (χ3v) is 5.54. The number of nitrogens with zero attached hydrogens (tertiary/aromatic N) is 2. The van der Waals surface area contributed by atoms with Gasteiger partial charge in [0.2, 0.25) is 0 Å². The number of rotatable bonds is 8. The van der Waals surface area contributed by atoms with Crippen LogP contribution in [0, 0.1) is 0 Å². The standard InChI is InChI=1S/C24H32N2O3/c1-4-9-19-10-5-6-11-22(19)23(28)26(20-12-14-21(27)15-13-20)29-18-24(2,3)25-16-7-8-17-25/h5-6,10-15,27H,4,7-9,16-18H2,1-3H3. The van der Waals surface area contributed by atoms with E-state index < -0.39 is 0 Å². The van der Waals surface area contributed by atoms with Crippen LogP contribution >= 0.6 is 0 Å². The minimum Gasteiger partial charge on any atom is -0.508 e. The average Bonchev–Trinajstić information content (AvgIpc) is 3.26. The Morgan fingerprint density at radius 2 is 1.76 bits per heavy atom. The predicted molar refractivity (Wildman–Crippen MR) is 116 cm³/mol. The minimum absolute atomic E-state index is 0.157. The highest BCUT2D eigenvalue weighted by Gasteiger charge is 2.31. The number of phenols is 1. The molecule has 2 aromatic rings. The van der Waals surface area contributed by atoms with Crippen molar-refractivity contribution in [1.82, 2.24) is 4.90 Å². The molecular weight excluding hydrogens is 364 g/mol. The molecule has 0 bridgehead atoms. The number of hydroxylamine groups is 1. The number of carbonyl (C=O) groups excluding carboxylic acids is 1. The first-order chi connectivity index (χ1) is 13.9. The predicted octanol–water partition coefficient (Wildman–Crippen LogP) is 4.80. The summed E-state index contributed by atoms with van der Waals surface area (Å²) in [5, 5.41) is 11.0. The van der Waals surface area contributed by atoms with Crippen LogP contribution < -0.4 is 5.06 Å². The van der Waals surface area contributed by atoms with Gasteiger partial charge >= 0.3 is 0 Å². The number of anilines is 1. The summed E-state index contributed by atoms with van der Waals surface area (Å²) >= 11 is 0. The van der Waals surface area contributed by atoms with Crippen LogP contribution in [0.15, 0.2) is 48.5 Å². The van der Waals surface area contributed by atoms with Crippen molar-refractivity contribution < 1.29 is 14.7 Å². The van der Waals surface area contributed by atoms with Gasteiger partial charge in [-0.2, -0.15) is 5.06 Å². The molecule has 1 aliphatic rings. The first-order valence-electron chi connectivity index (χ1n) is 10.5. The van der Waals surface area contributed by atoms with Crippen molar-refractivity contribution in [2.75, 3.05) is 24.8 Å². The Labute approximate surface area is 173 Å². The van der Waals surface area contributed by atoms with Crippen molar-refractivity contribution in [2.24, 2.45) is 0 Å². The molecule has 0 aromatic heterocycles. The molecule has 5 nitrogen and oxygen atoms in total. The van der Waals surface area contributed by atoms with E-state index in [-0.39, 0.29) is 17.2 Å². The molecule has 0 aliphatic carbocycles. The molecule has 0 spiro atoms. The second-order valence-corrected chi connectivity index (χ2v) is 8.30. The van der Waals surface area contributed by atoms with Crippen molar-refractivity contribution in [3.05, 3.63) is 59.7 Å². The van der Waals surface area contributed by atoms with Crippen LogP contribution in [0.2, 0.25) is 0 Å². The Morgan fingerprint density at radius 1 is 1.10 bits per heavy atom. The van der Waals surface area contributed by atoms with Gasteiger partial charge in [0.1, 0.15) is 5.75 Å². The molecule has 0 atom stereocenters. The smallest absolute Gasteiger partial charge is 0.282 e. The molecule has 0 radical (unpaired) electrons. The maximum Gasteiger partial charge on any atom is 0.282 e. The van der Waals surface area contributed by atoms with Gasteiger partial charge in [-0.25, -0.2) is 0 Å². The summed E-state index contributed by atoms with van der Waals surface area (Å²) < 4.78 is 0. The summed E-state index contributed by atoms with van der Waals surface area (Å²) in [7, 11) is 0. The van der Waals surface area contributed by atoms with Crippen LogP contribution in [0.1, 0.15) is 56.0 Å². The number of likely N-dealkylation sites (tertiary alicyclic amines) is 1. The van der Waals surface area contributed by atoms with Crippen LogP contribution in [0.3, 0.4) is 0 Å². The van der Waals surface area contributed by atoms with Crippen molar-refractivity contribution in [2.45, 2.75) is 52.0 Å². The van der Waals surface area contributed by atoms with E-state index in [1.165, 1.54) is 17.9 Å². The number of hydrogen-bond donors (Lipinski definition) is 1. The van der Waals surface area contributed by atoms with Crippen molar-refractivity contribution in [3.8, 4) is 5.75 Å². The average molecular weight is 397 g/mol. The van der Waals surface area contributed by atoms with E-state index in [1.807, 2.05) is 24.3 Å². The van der Waals surface area contributed by atoms with E-state index >= 15 is 0 Å². The monoisotopic (exact) mass is 396 g/mol. The summed E-state index contributed by atoms with van der Waals surface area (Å²) in [6.07, 6.45) is 4.21. The molecule has 0 unspecified atom stereocenters. The molecule has 29 heavy (non-hydrogen) atoms. The number of aromatic hydroxyl groups is 1. The van der Waals surface area contributed by atoms with E-state index in [0.717, 1.165) is 31.5 Å². The first-order valence-corrected chi connectivity index (χ1v) is 10.5. The van der Waals surface area contributed by atoms with Gasteiger partial charge in [0.25, 0.3) is 5.91 Å². The van der Waals surface area contributed by atoms with Crippen molar-refractivity contribution in [1.29, 1.82) is 0 Å². The maximum absolute atomic E-state index is 13.5. The van der Waals surface area contributed by atoms with E-state index in [2.05, 4.69) is 25.7 Å². The number of phenolic OH excluding ortho intramolecular Hbond substituents is 1. The highest BCUT2D eigenvalue weighted by molar-refractivity contribution is 6.05. The summed E-state index contributed by atoms with van der Waals surface area (Å²) in [6, 6.07) is 14.3. The molecule has 0 saturated carbocycles. The largest absolute Gasteiger partial charge is 0.508 e. The number of carbonyl (C=O) groups is 1. The number of benzene rings is 2. The van der Waals surface area contributed by atoms with Gasteiger partial charge in [-0.15, -0.1) is 0 Å². The molecule has 1 amide bonds. The molecule has 5 heteroatoms. The summed E-state index contributed by atoms with van der Waals surface area (Å²) in [4.78, 5) is 22.1. The minimum atomic E-state index is -0.183. The normalized spacial score (nSPS) is 14.9. The zero-order chi connectivity index (χ0) is 20.9. The molecule has 3 rings (SSSR count). The van der Waals surface area contributed by atoms with Crippen LogP contribution in [-0.4, -0.2) is 41.1 Å². The van der Waals surface area contributed by atoms with Crippen LogP contribution in [0.5, 0.6) is 5.75 Å². The van der Waals surface area contributed by atoms with Gasteiger partial charge in [0, 0.05) is 11.1 Å². The Balaban J connectivity index is 1.87. The SMILES string of the molecule is CCCc1ccccc1C(=O)N(OCC(C)(C)N1CCCC1)c1ccc(O)cc1. The topological polar surface area (TPSA) is 53.0 Å². The molecule has 1 fully saturated rings. The lowest BCUT2D eigenvalue weighted by atomic mass is 10.0. The molecule has 1 saturated heterocycles. The highest BCUT2D eigenvalue weighted by Crippen LogP contribution is 2.26. The zero-order valence-corrected chi connectivity index (χ0v) is 17.7. The van der Waals surface area contributed by atoms with Gasteiger partial charge < -0.3 is 5.11 Å². The fraction of sp³-hybridized carbons (Fsp3) is 0.458. The van der Waals surface area contributed by atoms with E-state index in [9.17, 15) is 9.90 Å². The number of hydrogen-bond acceptors (Lipinski definition) is 4. The Kier molecular flexibility index (Phi) is 6.93. The van der Waals surface area contributed by atoms with Crippen molar-refractivity contribution >= 4 is 11.6 Å². The molecule has 1 N–H and O–H groups in total. The van der Waals surface area contributed by atoms with Gasteiger partial charge in [0.15, 0.2) is 0 Å². The Bertz CT molecular complexity index is 811. The molecule has 156 valence electrons. The highest BCUT2D eigenvalue weighted by atomic mass is 16.7. The van der Waals surface area contributed by atoms with Crippen LogP contribution in [0.4, 0.5) is 5.69 Å². The van der Waals surface area contributed by atoms with Gasteiger partial charge in [-0.05, 0) is 82.1 Å². The second kappa shape index (κ2) is 9.42. The fourth-order valence-corrected chi connectivity index (χ4v) is 3.80. The van der Waals surface area contributed by atoms with Gasteiger partial charge in [-0.1, -0.05) is 31.5 Å². The third-order valence-electron chi connectivity index (χ3n) is 5.54. The lowest BCUT2D eigenvalue weighted by molar-refractivity contribution is 0.0111.